The Morgan fingerprint density at radius 3 is 2.41 bits per heavy atom. The van der Waals surface area contributed by atoms with Gasteiger partial charge in [-0.1, -0.05) is 61.8 Å². The summed E-state index contributed by atoms with van der Waals surface area (Å²) in [5.74, 6) is 1.31. The van der Waals surface area contributed by atoms with Gasteiger partial charge in [0.25, 0.3) is 0 Å². The van der Waals surface area contributed by atoms with Crippen LogP contribution < -0.4 is 10.1 Å². The standard InChI is InChI=1S/C30H33ClFNO/c1-28-12-20-13-29(2,17-28)19-30(14-20,18-28)33-15-23-22-7-4-3-6-21(22)10-11-27(23)34-16-24-25(31)8-5-9-26(24)32/h3-11,20,33H,12-19H2,1-2H3/t20?,28-,29+,30?. The second kappa shape index (κ2) is 7.96. The largest absolute Gasteiger partial charge is 0.488 e. The Labute approximate surface area is 206 Å². The molecule has 0 amide bonds. The van der Waals surface area contributed by atoms with E-state index in [1.807, 2.05) is 6.07 Å². The van der Waals surface area contributed by atoms with Crippen LogP contribution >= 0.6 is 11.6 Å². The molecule has 0 radical (unpaired) electrons. The maximum absolute atomic E-state index is 14.4. The van der Waals surface area contributed by atoms with Crippen molar-refractivity contribution in [1.82, 2.24) is 5.32 Å². The summed E-state index contributed by atoms with van der Waals surface area (Å²) in [6.45, 7) is 5.88. The summed E-state index contributed by atoms with van der Waals surface area (Å²) in [6.07, 6.45) is 7.95. The summed E-state index contributed by atoms with van der Waals surface area (Å²) in [7, 11) is 0. The molecule has 0 heterocycles. The highest BCUT2D eigenvalue weighted by Gasteiger charge is 2.59. The number of hydrogen-bond donors (Lipinski definition) is 1. The summed E-state index contributed by atoms with van der Waals surface area (Å²) >= 11 is 6.26. The zero-order valence-corrected chi connectivity index (χ0v) is 20.9. The van der Waals surface area contributed by atoms with Gasteiger partial charge >= 0.3 is 0 Å². The fraction of sp³-hybridized carbons (Fsp3) is 0.467. The molecule has 2 unspecified atom stereocenters. The number of halogens is 2. The van der Waals surface area contributed by atoms with E-state index in [1.165, 1.54) is 55.4 Å². The van der Waals surface area contributed by atoms with Gasteiger partial charge in [0.05, 0.1) is 5.02 Å². The third-order valence-electron chi connectivity index (χ3n) is 8.70. The van der Waals surface area contributed by atoms with E-state index >= 15 is 0 Å². The first kappa shape index (κ1) is 22.4. The Hall–Kier alpha value is -2.10. The molecule has 4 aliphatic carbocycles. The molecule has 0 aliphatic heterocycles. The number of fused-ring (bicyclic) bond motifs is 1. The fourth-order valence-corrected chi connectivity index (χ4v) is 8.59. The minimum Gasteiger partial charge on any atom is -0.488 e. The van der Waals surface area contributed by atoms with E-state index in [1.54, 1.807) is 12.1 Å². The normalized spacial score (nSPS) is 31.8. The topological polar surface area (TPSA) is 21.3 Å². The SMILES string of the molecule is C[C@]12CC3CC(NCc4c(OCc5c(F)cccc5Cl)ccc5ccccc45)(C1)C[C@@](C)(C3)C2. The maximum Gasteiger partial charge on any atom is 0.131 e. The molecule has 1 N–H and O–H groups in total. The highest BCUT2D eigenvalue weighted by molar-refractivity contribution is 6.31. The number of benzene rings is 3. The van der Waals surface area contributed by atoms with E-state index in [2.05, 4.69) is 49.5 Å². The van der Waals surface area contributed by atoms with E-state index in [0.29, 0.717) is 21.4 Å². The van der Waals surface area contributed by atoms with Crippen molar-refractivity contribution in [1.29, 1.82) is 0 Å². The first-order valence-electron chi connectivity index (χ1n) is 12.6. The van der Waals surface area contributed by atoms with Crippen LogP contribution in [0.1, 0.15) is 63.5 Å². The average Bonchev–Trinajstić information content (AvgIpc) is 2.75. The Morgan fingerprint density at radius 1 is 0.912 bits per heavy atom. The van der Waals surface area contributed by atoms with Gasteiger partial charge in [-0.3, -0.25) is 0 Å². The van der Waals surface area contributed by atoms with Crippen molar-refractivity contribution in [2.45, 2.75) is 71.1 Å². The van der Waals surface area contributed by atoms with Crippen LogP contribution in [0.4, 0.5) is 4.39 Å². The smallest absolute Gasteiger partial charge is 0.131 e. The maximum atomic E-state index is 14.4. The van der Waals surface area contributed by atoms with E-state index < -0.39 is 0 Å². The van der Waals surface area contributed by atoms with Gasteiger partial charge < -0.3 is 10.1 Å². The number of nitrogens with one attached hydrogen (secondary N) is 1. The minimum atomic E-state index is -0.331. The monoisotopic (exact) mass is 477 g/mol. The van der Waals surface area contributed by atoms with Gasteiger partial charge in [-0.25, -0.2) is 4.39 Å². The number of hydrogen-bond acceptors (Lipinski definition) is 2. The molecule has 3 aromatic carbocycles. The summed E-state index contributed by atoms with van der Waals surface area (Å²) < 4.78 is 20.6. The van der Waals surface area contributed by atoms with Crippen LogP contribution in [0.2, 0.25) is 5.02 Å². The number of ether oxygens (including phenoxy) is 1. The molecule has 7 rings (SSSR count). The molecule has 0 saturated heterocycles. The third kappa shape index (κ3) is 3.91. The van der Waals surface area contributed by atoms with Crippen molar-refractivity contribution in [2.24, 2.45) is 16.7 Å². The zero-order valence-electron chi connectivity index (χ0n) is 20.1. The summed E-state index contributed by atoms with van der Waals surface area (Å²) in [4.78, 5) is 0. The molecule has 4 fully saturated rings. The van der Waals surface area contributed by atoms with E-state index in [9.17, 15) is 4.39 Å². The number of rotatable bonds is 6. The van der Waals surface area contributed by atoms with Crippen LogP contribution in [0.3, 0.4) is 0 Å². The van der Waals surface area contributed by atoms with E-state index in [0.717, 1.165) is 23.8 Å². The molecule has 34 heavy (non-hydrogen) atoms. The molecule has 0 aromatic heterocycles. The van der Waals surface area contributed by atoms with Crippen molar-refractivity contribution < 1.29 is 9.13 Å². The molecule has 3 aromatic rings. The van der Waals surface area contributed by atoms with Crippen molar-refractivity contribution >= 4 is 22.4 Å². The lowest BCUT2D eigenvalue weighted by atomic mass is 9.43. The van der Waals surface area contributed by atoms with Crippen LogP contribution in [0.25, 0.3) is 10.8 Å². The highest BCUT2D eigenvalue weighted by Crippen LogP contribution is 2.66. The van der Waals surface area contributed by atoms with E-state index in [-0.39, 0.29) is 18.0 Å². The molecule has 4 heteroatoms. The van der Waals surface area contributed by atoms with Crippen molar-refractivity contribution in [3.8, 4) is 5.75 Å². The predicted molar refractivity (Wildman–Crippen MR) is 137 cm³/mol. The Bertz CT molecular complexity index is 1220. The molecular formula is C30H33ClFNO. The lowest BCUT2D eigenvalue weighted by Gasteiger charge is -2.65. The van der Waals surface area contributed by atoms with Crippen LogP contribution in [0.5, 0.6) is 5.75 Å². The van der Waals surface area contributed by atoms with Crippen LogP contribution in [-0.4, -0.2) is 5.54 Å². The Morgan fingerprint density at radius 2 is 1.68 bits per heavy atom. The van der Waals surface area contributed by atoms with Gasteiger partial charge in [-0.15, -0.1) is 0 Å². The van der Waals surface area contributed by atoms with Crippen LogP contribution in [-0.2, 0) is 13.2 Å². The molecule has 0 spiro atoms. The molecule has 4 bridgehead atoms. The van der Waals surface area contributed by atoms with Gasteiger partial charge in [0.1, 0.15) is 18.2 Å². The van der Waals surface area contributed by atoms with Crippen molar-refractivity contribution in [2.75, 3.05) is 0 Å². The molecule has 4 aliphatic rings. The van der Waals surface area contributed by atoms with Gasteiger partial charge in [0.15, 0.2) is 0 Å². The quantitative estimate of drug-likeness (QED) is 0.387. The van der Waals surface area contributed by atoms with Crippen molar-refractivity contribution in [3.63, 3.8) is 0 Å². The Balaban J connectivity index is 1.31. The lowest BCUT2D eigenvalue weighted by molar-refractivity contribution is -0.118. The Kier molecular flexibility index (Phi) is 5.24. The molecular weight excluding hydrogens is 445 g/mol. The highest BCUT2D eigenvalue weighted by atomic mass is 35.5. The molecule has 2 nitrogen and oxygen atoms in total. The predicted octanol–water partition coefficient (Wildman–Crippen LogP) is 8.05. The average molecular weight is 478 g/mol. The lowest BCUT2D eigenvalue weighted by Crippen LogP contribution is -2.63. The van der Waals surface area contributed by atoms with Crippen molar-refractivity contribution in [3.05, 3.63) is 76.6 Å². The molecule has 4 saturated carbocycles. The summed E-state index contributed by atoms with van der Waals surface area (Å²) in [5, 5.41) is 6.85. The fourth-order valence-electron chi connectivity index (χ4n) is 8.37. The van der Waals surface area contributed by atoms with E-state index in [4.69, 9.17) is 16.3 Å². The first-order chi connectivity index (χ1) is 16.3. The van der Waals surface area contributed by atoms with Crippen LogP contribution in [0.15, 0.2) is 54.6 Å². The summed E-state index contributed by atoms with van der Waals surface area (Å²) in [5.41, 5.74) is 2.67. The zero-order chi connectivity index (χ0) is 23.6. The van der Waals surface area contributed by atoms with Crippen LogP contribution in [0, 0.1) is 22.6 Å². The minimum absolute atomic E-state index is 0.111. The second-order valence-electron chi connectivity index (χ2n) is 12.0. The third-order valence-corrected chi connectivity index (χ3v) is 9.05. The molecule has 4 atom stereocenters. The summed E-state index contributed by atoms with van der Waals surface area (Å²) in [6, 6.07) is 17.3. The van der Waals surface area contributed by atoms with Gasteiger partial charge in [-0.2, -0.15) is 0 Å². The van der Waals surface area contributed by atoms with Gasteiger partial charge in [0, 0.05) is 23.2 Å². The first-order valence-corrected chi connectivity index (χ1v) is 12.9. The molecule has 178 valence electrons. The van der Waals surface area contributed by atoms with Gasteiger partial charge in [0.2, 0.25) is 0 Å². The van der Waals surface area contributed by atoms with Gasteiger partial charge in [-0.05, 0) is 84.2 Å². The second-order valence-corrected chi connectivity index (χ2v) is 12.4.